The summed E-state index contributed by atoms with van der Waals surface area (Å²) in [4.78, 5) is 30.7. The molecule has 4 aromatic rings. The minimum Gasteiger partial charge on any atom is -0.309 e. The van der Waals surface area contributed by atoms with E-state index in [1.54, 1.807) is 11.0 Å². The molecular weight excluding hydrogens is 406 g/mol. The van der Waals surface area contributed by atoms with E-state index < -0.39 is 0 Å². The Balaban J connectivity index is 1.71. The van der Waals surface area contributed by atoms with E-state index in [1.165, 1.54) is 17.5 Å². The maximum absolute atomic E-state index is 13.4. The van der Waals surface area contributed by atoms with Crippen LogP contribution in [0.2, 0.25) is 5.02 Å². The standard InChI is InChI=1S/C21H20ClN5OS/c1-26(2)11-6-12-27(21-25-19-14(22)7-5-10-18(19)29-21)20(28)17-13-23-15-8-3-4-9-16(15)24-17/h3-5,7-10,13H,6,11-12H2,1-2H3. The van der Waals surface area contributed by atoms with Crippen molar-refractivity contribution in [3.8, 4) is 0 Å². The molecule has 0 radical (unpaired) electrons. The zero-order valence-corrected chi connectivity index (χ0v) is 17.7. The van der Waals surface area contributed by atoms with Gasteiger partial charge in [0.15, 0.2) is 5.13 Å². The van der Waals surface area contributed by atoms with Gasteiger partial charge in [0.2, 0.25) is 0 Å². The molecule has 0 aliphatic heterocycles. The normalized spacial score (nSPS) is 11.4. The SMILES string of the molecule is CN(C)CCCN(C(=O)c1cnc2ccccc2n1)c1nc2c(Cl)cccc2s1. The van der Waals surface area contributed by atoms with Gasteiger partial charge in [-0.1, -0.05) is 41.1 Å². The fourth-order valence-corrected chi connectivity index (χ4v) is 4.34. The molecule has 0 saturated heterocycles. The molecule has 2 aromatic carbocycles. The van der Waals surface area contributed by atoms with Gasteiger partial charge in [-0.25, -0.2) is 9.97 Å². The van der Waals surface area contributed by atoms with Gasteiger partial charge in [-0.2, -0.15) is 0 Å². The first-order valence-electron chi connectivity index (χ1n) is 9.26. The molecule has 1 amide bonds. The molecule has 0 saturated carbocycles. The first kappa shape index (κ1) is 19.7. The number of carbonyl (C=O) groups excluding carboxylic acids is 1. The highest BCUT2D eigenvalue weighted by molar-refractivity contribution is 7.22. The van der Waals surface area contributed by atoms with Crippen molar-refractivity contribution in [1.82, 2.24) is 19.9 Å². The molecule has 0 aliphatic carbocycles. The highest BCUT2D eigenvalue weighted by Crippen LogP contribution is 2.33. The average molecular weight is 426 g/mol. The van der Waals surface area contributed by atoms with E-state index in [-0.39, 0.29) is 5.91 Å². The van der Waals surface area contributed by atoms with Crippen LogP contribution < -0.4 is 4.90 Å². The molecule has 0 aliphatic rings. The fraction of sp³-hybridized carbons (Fsp3) is 0.238. The molecule has 2 heterocycles. The lowest BCUT2D eigenvalue weighted by Gasteiger charge is -2.20. The highest BCUT2D eigenvalue weighted by Gasteiger charge is 2.23. The summed E-state index contributed by atoms with van der Waals surface area (Å²) in [7, 11) is 4.02. The van der Waals surface area contributed by atoms with Gasteiger partial charge in [-0.3, -0.25) is 14.7 Å². The number of benzene rings is 2. The second-order valence-corrected chi connectivity index (χ2v) is 8.36. The van der Waals surface area contributed by atoms with Gasteiger partial charge in [0.1, 0.15) is 11.2 Å². The van der Waals surface area contributed by atoms with Crippen molar-refractivity contribution in [2.24, 2.45) is 0 Å². The Morgan fingerprint density at radius 1 is 1.03 bits per heavy atom. The van der Waals surface area contributed by atoms with Crippen LogP contribution in [0.3, 0.4) is 0 Å². The van der Waals surface area contributed by atoms with E-state index in [1.807, 2.05) is 50.5 Å². The number of nitrogens with zero attached hydrogens (tertiary/aromatic N) is 5. The Labute approximate surface area is 177 Å². The molecule has 0 atom stereocenters. The number of hydrogen-bond acceptors (Lipinski definition) is 6. The number of rotatable bonds is 6. The largest absolute Gasteiger partial charge is 0.309 e. The third-order valence-corrected chi connectivity index (χ3v) is 5.84. The predicted octanol–water partition coefficient (Wildman–Crippen LogP) is 4.49. The quantitative estimate of drug-likeness (QED) is 0.455. The van der Waals surface area contributed by atoms with Crippen LogP contribution in [0.15, 0.2) is 48.7 Å². The Bertz CT molecular complexity index is 1180. The number of aromatic nitrogens is 3. The number of halogens is 1. The Morgan fingerprint density at radius 3 is 2.59 bits per heavy atom. The fourth-order valence-electron chi connectivity index (χ4n) is 3.05. The number of para-hydroxylation sites is 3. The lowest BCUT2D eigenvalue weighted by Crippen LogP contribution is -2.34. The zero-order chi connectivity index (χ0) is 20.4. The summed E-state index contributed by atoms with van der Waals surface area (Å²) in [5.74, 6) is -0.211. The van der Waals surface area contributed by atoms with Crippen LogP contribution in [0.4, 0.5) is 5.13 Å². The van der Waals surface area contributed by atoms with Gasteiger partial charge < -0.3 is 4.90 Å². The van der Waals surface area contributed by atoms with Crippen LogP contribution in [0.25, 0.3) is 21.3 Å². The van der Waals surface area contributed by atoms with Crippen LogP contribution >= 0.6 is 22.9 Å². The molecule has 0 spiro atoms. The summed E-state index contributed by atoms with van der Waals surface area (Å²) in [6, 6.07) is 13.2. The third kappa shape index (κ3) is 4.22. The number of anilines is 1. The topological polar surface area (TPSA) is 62.2 Å². The molecule has 29 heavy (non-hydrogen) atoms. The first-order valence-corrected chi connectivity index (χ1v) is 10.5. The summed E-state index contributed by atoms with van der Waals surface area (Å²) in [5.41, 5.74) is 2.47. The summed E-state index contributed by atoms with van der Waals surface area (Å²) in [6.07, 6.45) is 2.34. The second-order valence-electron chi connectivity index (χ2n) is 6.94. The lowest BCUT2D eigenvalue weighted by molar-refractivity contribution is 0.0981. The summed E-state index contributed by atoms with van der Waals surface area (Å²) < 4.78 is 0.947. The van der Waals surface area contributed by atoms with Gasteiger partial charge in [0.25, 0.3) is 5.91 Å². The molecule has 148 valence electrons. The summed E-state index contributed by atoms with van der Waals surface area (Å²) in [5, 5.41) is 1.20. The Hall–Kier alpha value is -2.61. The molecule has 0 N–H and O–H groups in total. The molecular formula is C21H20ClN5OS. The van der Waals surface area contributed by atoms with E-state index >= 15 is 0 Å². The number of amides is 1. The highest BCUT2D eigenvalue weighted by atomic mass is 35.5. The minimum absolute atomic E-state index is 0.211. The monoisotopic (exact) mass is 425 g/mol. The molecule has 0 unspecified atom stereocenters. The first-order chi connectivity index (χ1) is 14.0. The Kier molecular flexibility index (Phi) is 5.71. The smallest absolute Gasteiger partial charge is 0.280 e. The van der Waals surface area contributed by atoms with E-state index in [9.17, 15) is 4.79 Å². The predicted molar refractivity (Wildman–Crippen MR) is 119 cm³/mol. The van der Waals surface area contributed by atoms with Crippen molar-refractivity contribution in [3.63, 3.8) is 0 Å². The van der Waals surface area contributed by atoms with E-state index in [4.69, 9.17) is 11.6 Å². The molecule has 4 rings (SSSR count). The Morgan fingerprint density at radius 2 is 1.83 bits per heavy atom. The van der Waals surface area contributed by atoms with Crippen LogP contribution in [0.1, 0.15) is 16.9 Å². The van der Waals surface area contributed by atoms with Crippen molar-refractivity contribution in [3.05, 3.63) is 59.4 Å². The van der Waals surface area contributed by atoms with Gasteiger partial charge in [0.05, 0.1) is 27.0 Å². The van der Waals surface area contributed by atoms with E-state index in [0.29, 0.717) is 33.4 Å². The van der Waals surface area contributed by atoms with Gasteiger partial charge in [0, 0.05) is 6.54 Å². The third-order valence-electron chi connectivity index (χ3n) is 4.49. The number of fused-ring (bicyclic) bond motifs is 2. The second kappa shape index (κ2) is 8.41. The van der Waals surface area contributed by atoms with Crippen molar-refractivity contribution in [2.45, 2.75) is 6.42 Å². The van der Waals surface area contributed by atoms with Crippen LogP contribution in [-0.4, -0.2) is 52.9 Å². The average Bonchev–Trinajstić information content (AvgIpc) is 3.15. The zero-order valence-electron chi connectivity index (χ0n) is 16.2. The van der Waals surface area contributed by atoms with Gasteiger partial charge >= 0.3 is 0 Å². The molecule has 0 fully saturated rings. The van der Waals surface area contributed by atoms with Gasteiger partial charge in [-0.15, -0.1) is 0 Å². The minimum atomic E-state index is -0.211. The van der Waals surface area contributed by atoms with Crippen molar-refractivity contribution in [2.75, 3.05) is 32.1 Å². The van der Waals surface area contributed by atoms with E-state index in [2.05, 4.69) is 19.9 Å². The summed E-state index contributed by atoms with van der Waals surface area (Å²) in [6.45, 7) is 1.39. The maximum Gasteiger partial charge on any atom is 0.280 e. The van der Waals surface area contributed by atoms with Crippen LogP contribution in [-0.2, 0) is 0 Å². The molecule has 6 nitrogen and oxygen atoms in total. The van der Waals surface area contributed by atoms with Gasteiger partial charge in [-0.05, 0) is 51.3 Å². The van der Waals surface area contributed by atoms with E-state index in [0.717, 1.165) is 23.2 Å². The van der Waals surface area contributed by atoms with Crippen LogP contribution in [0.5, 0.6) is 0 Å². The van der Waals surface area contributed by atoms with Crippen molar-refractivity contribution < 1.29 is 4.79 Å². The molecule has 2 aromatic heterocycles. The van der Waals surface area contributed by atoms with Crippen molar-refractivity contribution in [1.29, 1.82) is 0 Å². The number of carbonyl (C=O) groups is 1. The number of thiazole rings is 1. The number of hydrogen-bond donors (Lipinski definition) is 0. The summed E-state index contributed by atoms with van der Waals surface area (Å²) >= 11 is 7.75. The molecule has 0 bridgehead atoms. The molecule has 8 heteroatoms. The van der Waals surface area contributed by atoms with Crippen molar-refractivity contribution >= 4 is 55.2 Å². The van der Waals surface area contributed by atoms with Crippen LogP contribution in [0, 0.1) is 0 Å². The maximum atomic E-state index is 13.4. The lowest BCUT2D eigenvalue weighted by atomic mass is 10.2.